The lowest BCUT2D eigenvalue weighted by Gasteiger charge is -2.25. The predicted molar refractivity (Wildman–Crippen MR) is 62.4 cm³/mol. The molecule has 0 spiro atoms. The van der Waals surface area contributed by atoms with Crippen LogP contribution < -0.4 is 5.73 Å². The van der Waals surface area contributed by atoms with Crippen molar-refractivity contribution in [1.29, 1.82) is 0 Å². The molecular weight excluding hydrogens is 186 g/mol. The Morgan fingerprint density at radius 3 is 3.00 bits per heavy atom. The molecule has 0 aromatic heterocycles. The molecule has 0 amide bonds. The molecular formula is C13H23NO. The molecule has 0 radical (unpaired) electrons. The summed E-state index contributed by atoms with van der Waals surface area (Å²) >= 11 is 0. The molecule has 1 aliphatic carbocycles. The molecule has 3 atom stereocenters. The maximum absolute atomic E-state index is 6.28. The normalized spacial score (nSPS) is 33.3. The van der Waals surface area contributed by atoms with Crippen molar-refractivity contribution >= 4 is 0 Å². The second-order valence-electron chi connectivity index (χ2n) is 4.97. The van der Waals surface area contributed by atoms with E-state index in [0.717, 1.165) is 31.1 Å². The fraction of sp³-hybridized carbons (Fsp3) is 0.846. The highest BCUT2D eigenvalue weighted by Crippen LogP contribution is 2.36. The first kappa shape index (κ1) is 11.0. The lowest BCUT2D eigenvalue weighted by atomic mass is 9.94. The van der Waals surface area contributed by atoms with Crippen molar-refractivity contribution < 1.29 is 4.74 Å². The molecule has 1 fully saturated rings. The molecule has 2 rings (SSSR count). The highest BCUT2D eigenvalue weighted by Gasteiger charge is 2.30. The van der Waals surface area contributed by atoms with Crippen LogP contribution in [0.1, 0.15) is 45.4 Å². The van der Waals surface area contributed by atoms with E-state index in [1.54, 1.807) is 0 Å². The van der Waals surface area contributed by atoms with E-state index >= 15 is 0 Å². The maximum Gasteiger partial charge on any atom is 0.109 e. The van der Waals surface area contributed by atoms with Crippen molar-refractivity contribution in [2.24, 2.45) is 17.6 Å². The molecule has 3 unspecified atom stereocenters. The van der Waals surface area contributed by atoms with Crippen molar-refractivity contribution in [3.05, 3.63) is 11.8 Å². The predicted octanol–water partition coefficient (Wildman–Crippen LogP) is 2.83. The largest absolute Gasteiger partial charge is 0.497 e. The summed E-state index contributed by atoms with van der Waals surface area (Å²) in [7, 11) is 0. The van der Waals surface area contributed by atoms with Crippen LogP contribution in [0.4, 0.5) is 0 Å². The van der Waals surface area contributed by atoms with Gasteiger partial charge >= 0.3 is 0 Å². The van der Waals surface area contributed by atoms with E-state index in [1.807, 2.05) is 0 Å². The topological polar surface area (TPSA) is 35.2 Å². The average Bonchev–Trinajstić information content (AvgIpc) is 2.78. The monoisotopic (exact) mass is 209 g/mol. The Labute approximate surface area is 92.9 Å². The summed E-state index contributed by atoms with van der Waals surface area (Å²) in [5.41, 5.74) is 6.28. The number of ether oxygens (including phenoxy) is 1. The van der Waals surface area contributed by atoms with Crippen LogP contribution in [0.15, 0.2) is 11.8 Å². The Kier molecular flexibility index (Phi) is 3.68. The molecule has 0 bridgehead atoms. The van der Waals surface area contributed by atoms with Gasteiger partial charge in [0.1, 0.15) is 5.76 Å². The number of nitrogens with two attached hydrogens (primary N) is 1. The molecule has 86 valence electrons. The summed E-state index contributed by atoms with van der Waals surface area (Å²) in [5, 5.41) is 0. The minimum absolute atomic E-state index is 0.168. The van der Waals surface area contributed by atoms with Gasteiger partial charge in [0.15, 0.2) is 0 Å². The summed E-state index contributed by atoms with van der Waals surface area (Å²) < 4.78 is 5.66. The van der Waals surface area contributed by atoms with E-state index in [4.69, 9.17) is 10.5 Å². The summed E-state index contributed by atoms with van der Waals surface area (Å²) in [6.45, 7) is 3.15. The van der Waals surface area contributed by atoms with E-state index < -0.39 is 0 Å². The summed E-state index contributed by atoms with van der Waals surface area (Å²) in [5.74, 6) is 2.65. The smallest absolute Gasteiger partial charge is 0.109 e. The molecule has 0 aromatic carbocycles. The van der Waals surface area contributed by atoms with Gasteiger partial charge in [-0.15, -0.1) is 0 Å². The lowest BCUT2D eigenvalue weighted by molar-refractivity contribution is 0.161. The molecule has 1 aliphatic heterocycles. The molecule has 0 aromatic rings. The third-order valence-electron chi connectivity index (χ3n) is 3.96. The summed E-state index contributed by atoms with van der Waals surface area (Å²) in [6.07, 6.45) is 9.77. The van der Waals surface area contributed by atoms with E-state index in [-0.39, 0.29) is 6.04 Å². The van der Waals surface area contributed by atoms with Gasteiger partial charge in [0.05, 0.1) is 12.6 Å². The summed E-state index contributed by atoms with van der Waals surface area (Å²) in [6, 6.07) is 0.168. The van der Waals surface area contributed by atoms with Crippen LogP contribution in [0.25, 0.3) is 0 Å². The summed E-state index contributed by atoms with van der Waals surface area (Å²) in [4.78, 5) is 0. The quantitative estimate of drug-likeness (QED) is 0.775. The van der Waals surface area contributed by atoms with Crippen molar-refractivity contribution in [3.8, 4) is 0 Å². The van der Waals surface area contributed by atoms with Gasteiger partial charge in [0, 0.05) is 0 Å². The molecule has 2 heteroatoms. The van der Waals surface area contributed by atoms with E-state index in [9.17, 15) is 0 Å². The Morgan fingerprint density at radius 2 is 2.40 bits per heavy atom. The minimum atomic E-state index is 0.168. The van der Waals surface area contributed by atoms with Crippen molar-refractivity contribution in [2.75, 3.05) is 6.61 Å². The van der Waals surface area contributed by atoms with Crippen LogP contribution in [0.2, 0.25) is 0 Å². The van der Waals surface area contributed by atoms with Gasteiger partial charge < -0.3 is 10.5 Å². The second kappa shape index (κ2) is 5.02. The Bertz CT molecular complexity index is 237. The van der Waals surface area contributed by atoms with Gasteiger partial charge in [-0.1, -0.05) is 19.8 Å². The highest BCUT2D eigenvalue weighted by molar-refractivity contribution is 5.07. The van der Waals surface area contributed by atoms with Gasteiger partial charge in [0.25, 0.3) is 0 Å². The van der Waals surface area contributed by atoms with Crippen LogP contribution >= 0.6 is 0 Å². The Morgan fingerprint density at radius 1 is 1.53 bits per heavy atom. The highest BCUT2D eigenvalue weighted by atomic mass is 16.5. The third-order valence-corrected chi connectivity index (χ3v) is 3.96. The van der Waals surface area contributed by atoms with Gasteiger partial charge in [-0.25, -0.2) is 0 Å². The zero-order valence-electron chi connectivity index (χ0n) is 9.74. The average molecular weight is 209 g/mol. The van der Waals surface area contributed by atoms with Gasteiger partial charge in [-0.3, -0.25) is 0 Å². The van der Waals surface area contributed by atoms with Crippen LogP contribution in [0, 0.1) is 11.8 Å². The molecule has 0 saturated heterocycles. The minimum Gasteiger partial charge on any atom is -0.497 e. The molecule has 2 aliphatic rings. The zero-order chi connectivity index (χ0) is 10.7. The first-order chi connectivity index (χ1) is 7.31. The van der Waals surface area contributed by atoms with Crippen molar-refractivity contribution in [2.45, 2.75) is 51.5 Å². The molecule has 1 heterocycles. The van der Waals surface area contributed by atoms with Crippen LogP contribution in [0.3, 0.4) is 0 Å². The number of rotatable bonds is 3. The maximum atomic E-state index is 6.28. The van der Waals surface area contributed by atoms with E-state index in [1.165, 1.54) is 25.7 Å². The first-order valence-electron chi connectivity index (χ1n) is 6.39. The van der Waals surface area contributed by atoms with E-state index in [2.05, 4.69) is 13.0 Å². The van der Waals surface area contributed by atoms with Crippen LogP contribution in [-0.4, -0.2) is 12.6 Å². The fourth-order valence-corrected chi connectivity index (χ4v) is 2.85. The fourth-order valence-electron chi connectivity index (χ4n) is 2.85. The van der Waals surface area contributed by atoms with Gasteiger partial charge in [0.2, 0.25) is 0 Å². The molecule has 1 saturated carbocycles. The first-order valence-corrected chi connectivity index (χ1v) is 6.39. The molecule has 15 heavy (non-hydrogen) atoms. The molecule has 2 N–H and O–H groups in total. The van der Waals surface area contributed by atoms with Gasteiger partial charge in [-0.05, 0) is 43.6 Å². The number of hydrogen-bond donors (Lipinski definition) is 1. The Hall–Kier alpha value is -0.500. The van der Waals surface area contributed by atoms with Gasteiger partial charge in [-0.2, -0.15) is 0 Å². The lowest BCUT2D eigenvalue weighted by Crippen LogP contribution is -2.33. The van der Waals surface area contributed by atoms with Crippen LogP contribution in [0.5, 0.6) is 0 Å². The Balaban J connectivity index is 1.90. The molecule has 2 nitrogen and oxygen atoms in total. The van der Waals surface area contributed by atoms with E-state index in [0.29, 0.717) is 5.92 Å². The number of hydrogen-bond acceptors (Lipinski definition) is 2. The second-order valence-corrected chi connectivity index (χ2v) is 4.97. The number of allylic oxidation sites excluding steroid dienone is 1. The van der Waals surface area contributed by atoms with Crippen molar-refractivity contribution in [3.63, 3.8) is 0 Å². The SMILES string of the molecule is CCC1CCC(C(N)C2=CCCCO2)C1. The zero-order valence-corrected chi connectivity index (χ0v) is 9.74. The van der Waals surface area contributed by atoms with Crippen LogP contribution in [-0.2, 0) is 4.74 Å². The third kappa shape index (κ3) is 2.54. The van der Waals surface area contributed by atoms with Crippen molar-refractivity contribution in [1.82, 2.24) is 0 Å². The standard InChI is InChI=1S/C13H23NO/c1-2-10-6-7-11(9-10)13(14)12-5-3-4-8-15-12/h5,10-11,13H,2-4,6-9,14H2,1H3.